The molecule has 1 aromatic carbocycles. The van der Waals surface area contributed by atoms with Gasteiger partial charge in [-0.3, -0.25) is 9.78 Å². The lowest BCUT2D eigenvalue weighted by molar-refractivity contribution is 0.0940. The molecule has 4 rings (SSSR count). The molecular weight excluding hydrogens is 338 g/mol. The van der Waals surface area contributed by atoms with E-state index in [1.54, 1.807) is 18.7 Å². The molecule has 1 atom stereocenters. The molecule has 0 bridgehead atoms. The van der Waals surface area contributed by atoms with Crippen molar-refractivity contribution in [3.8, 4) is 0 Å². The lowest BCUT2D eigenvalue weighted by atomic mass is 10.1. The SMILES string of the molecule is CC(NC(=O)c1ccc2ncnc(N3CCCCC3)c2c1)c1cccnc1. The molecule has 1 unspecified atom stereocenters. The number of carbonyl (C=O) groups excluding carboxylic acids is 1. The van der Waals surface area contributed by atoms with Crippen LogP contribution in [0.4, 0.5) is 5.82 Å². The lowest BCUT2D eigenvalue weighted by Gasteiger charge is -2.28. The number of carbonyl (C=O) groups is 1. The van der Waals surface area contributed by atoms with E-state index in [1.807, 2.05) is 37.3 Å². The summed E-state index contributed by atoms with van der Waals surface area (Å²) in [5, 5.41) is 3.97. The number of fused-ring (bicyclic) bond motifs is 1. The first kappa shape index (κ1) is 17.4. The number of nitrogens with one attached hydrogen (secondary N) is 1. The Morgan fingerprint density at radius 3 is 2.78 bits per heavy atom. The van der Waals surface area contributed by atoms with E-state index in [0.29, 0.717) is 5.56 Å². The number of anilines is 1. The van der Waals surface area contributed by atoms with Crippen molar-refractivity contribution >= 4 is 22.6 Å². The van der Waals surface area contributed by atoms with Crippen LogP contribution in [0.1, 0.15) is 48.1 Å². The lowest BCUT2D eigenvalue weighted by Crippen LogP contribution is -2.30. The van der Waals surface area contributed by atoms with Crippen molar-refractivity contribution in [2.75, 3.05) is 18.0 Å². The molecule has 3 heterocycles. The summed E-state index contributed by atoms with van der Waals surface area (Å²) in [4.78, 5) is 28.1. The molecule has 27 heavy (non-hydrogen) atoms. The Morgan fingerprint density at radius 1 is 1.15 bits per heavy atom. The maximum atomic E-state index is 12.8. The van der Waals surface area contributed by atoms with Crippen LogP contribution in [0, 0.1) is 0 Å². The van der Waals surface area contributed by atoms with Crippen LogP contribution < -0.4 is 10.2 Å². The standard InChI is InChI=1S/C21H23N5O/c1-15(17-6-5-9-22-13-17)25-21(27)16-7-8-19-18(12-16)20(24-14-23-19)26-10-3-2-4-11-26/h5-9,12-15H,2-4,10-11H2,1H3,(H,25,27). The number of nitrogens with zero attached hydrogens (tertiary/aromatic N) is 4. The zero-order chi connectivity index (χ0) is 18.6. The monoisotopic (exact) mass is 361 g/mol. The predicted octanol–water partition coefficient (Wildman–Crippen LogP) is 3.51. The highest BCUT2D eigenvalue weighted by Gasteiger charge is 2.17. The van der Waals surface area contributed by atoms with Crippen molar-refractivity contribution in [2.45, 2.75) is 32.2 Å². The minimum atomic E-state index is -0.115. The van der Waals surface area contributed by atoms with E-state index < -0.39 is 0 Å². The van der Waals surface area contributed by atoms with E-state index in [1.165, 1.54) is 19.3 Å². The van der Waals surface area contributed by atoms with E-state index >= 15 is 0 Å². The zero-order valence-electron chi connectivity index (χ0n) is 15.4. The number of hydrogen-bond donors (Lipinski definition) is 1. The molecule has 1 aliphatic rings. The number of benzene rings is 1. The number of pyridine rings is 1. The van der Waals surface area contributed by atoms with Crippen LogP contribution in [0.2, 0.25) is 0 Å². The molecule has 1 fully saturated rings. The normalized spacial score (nSPS) is 15.5. The van der Waals surface area contributed by atoms with Gasteiger partial charge < -0.3 is 10.2 Å². The highest BCUT2D eigenvalue weighted by Crippen LogP contribution is 2.26. The Kier molecular flexibility index (Phi) is 4.96. The van der Waals surface area contributed by atoms with Gasteiger partial charge in [0.05, 0.1) is 11.6 Å². The van der Waals surface area contributed by atoms with Crippen LogP contribution in [0.25, 0.3) is 10.9 Å². The summed E-state index contributed by atoms with van der Waals surface area (Å²) < 4.78 is 0. The van der Waals surface area contributed by atoms with E-state index in [2.05, 4.69) is 25.2 Å². The number of rotatable bonds is 4. The van der Waals surface area contributed by atoms with E-state index in [4.69, 9.17) is 0 Å². The molecule has 1 amide bonds. The number of piperidine rings is 1. The average Bonchev–Trinajstić information content (AvgIpc) is 2.74. The van der Waals surface area contributed by atoms with Gasteiger partial charge in [0.15, 0.2) is 0 Å². The van der Waals surface area contributed by atoms with E-state index in [0.717, 1.165) is 35.4 Å². The molecule has 0 spiro atoms. The summed E-state index contributed by atoms with van der Waals surface area (Å²) in [6.45, 7) is 3.96. The Hall–Kier alpha value is -3.02. The molecule has 2 aromatic heterocycles. The molecule has 0 radical (unpaired) electrons. The Morgan fingerprint density at radius 2 is 2.00 bits per heavy atom. The van der Waals surface area contributed by atoms with Crippen LogP contribution in [0.3, 0.4) is 0 Å². The molecular formula is C21H23N5O. The van der Waals surface area contributed by atoms with Gasteiger partial charge in [0.1, 0.15) is 12.1 Å². The maximum absolute atomic E-state index is 12.8. The fourth-order valence-corrected chi connectivity index (χ4v) is 3.54. The van der Waals surface area contributed by atoms with Gasteiger partial charge in [-0.1, -0.05) is 6.07 Å². The summed E-state index contributed by atoms with van der Waals surface area (Å²) in [7, 11) is 0. The molecule has 6 heteroatoms. The summed E-state index contributed by atoms with van der Waals surface area (Å²) in [6.07, 6.45) is 8.72. The van der Waals surface area contributed by atoms with Crippen LogP contribution >= 0.6 is 0 Å². The smallest absolute Gasteiger partial charge is 0.251 e. The van der Waals surface area contributed by atoms with Crippen LogP contribution in [0.5, 0.6) is 0 Å². The summed E-state index contributed by atoms with van der Waals surface area (Å²) in [5.74, 6) is 0.816. The van der Waals surface area contributed by atoms with Crippen LogP contribution in [0.15, 0.2) is 49.1 Å². The van der Waals surface area contributed by atoms with Gasteiger partial charge in [0, 0.05) is 36.4 Å². The van der Waals surface area contributed by atoms with Gasteiger partial charge in [-0.05, 0) is 56.0 Å². The Bertz CT molecular complexity index is 938. The third kappa shape index (κ3) is 3.74. The second kappa shape index (κ2) is 7.70. The van der Waals surface area contributed by atoms with Crippen molar-refractivity contribution < 1.29 is 4.79 Å². The number of amides is 1. The minimum Gasteiger partial charge on any atom is -0.356 e. The first-order chi connectivity index (χ1) is 13.2. The van der Waals surface area contributed by atoms with Crippen molar-refractivity contribution in [3.05, 3.63) is 60.2 Å². The van der Waals surface area contributed by atoms with Crippen molar-refractivity contribution in [1.82, 2.24) is 20.3 Å². The molecule has 6 nitrogen and oxygen atoms in total. The first-order valence-corrected chi connectivity index (χ1v) is 9.43. The molecule has 0 aliphatic carbocycles. The van der Waals surface area contributed by atoms with Gasteiger partial charge in [-0.25, -0.2) is 9.97 Å². The highest BCUT2D eigenvalue weighted by atomic mass is 16.1. The van der Waals surface area contributed by atoms with Crippen molar-refractivity contribution in [3.63, 3.8) is 0 Å². The molecule has 0 saturated carbocycles. The molecule has 1 aliphatic heterocycles. The topological polar surface area (TPSA) is 71.0 Å². The number of aromatic nitrogens is 3. The average molecular weight is 361 g/mol. The zero-order valence-corrected chi connectivity index (χ0v) is 15.4. The summed E-state index contributed by atoms with van der Waals surface area (Å²) >= 11 is 0. The second-order valence-corrected chi connectivity index (χ2v) is 6.96. The van der Waals surface area contributed by atoms with Gasteiger partial charge >= 0.3 is 0 Å². The Labute approximate surface area is 158 Å². The third-order valence-electron chi connectivity index (χ3n) is 5.06. The van der Waals surface area contributed by atoms with Gasteiger partial charge in [-0.15, -0.1) is 0 Å². The largest absolute Gasteiger partial charge is 0.356 e. The number of hydrogen-bond acceptors (Lipinski definition) is 5. The minimum absolute atomic E-state index is 0.110. The molecule has 1 N–H and O–H groups in total. The molecule has 3 aromatic rings. The summed E-state index contributed by atoms with van der Waals surface area (Å²) in [6, 6.07) is 9.34. The van der Waals surface area contributed by atoms with Crippen LogP contribution in [-0.2, 0) is 0 Å². The third-order valence-corrected chi connectivity index (χ3v) is 5.06. The fourth-order valence-electron chi connectivity index (χ4n) is 3.54. The molecule has 1 saturated heterocycles. The predicted molar refractivity (Wildman–Crippen MR) is 106 cm³/mol. The van der Waals surface area contributed by atoms with Gasteiger partial charge in [0.25, 0.3) is 5.91 Å². The van der Waals surface area contributed by atoms with Gasteiger partial charge in [-0.2, -0.15) is 0 Å². The highest BCUT2D eigenvalue weighted by molar-refractivity contribution is 6.00. The van der Waals surface area contributed by atoms with Gasteiger partial charge in [0.2, 0.25) is 0 Å². The van der Waals surface area contributed by atoms with Crippen LogP contribution in [-0.4, -0.2) is 33.9 Å². The molecule has 138 valence electrons. The van der Waals surface area contributed by atoms with E-state index in [-0.39, 0.29) is 11.9 Å². The van der Waals surface area contributed by atoms with Crippen molar-refractivity contribution in [2.24, 2.45) is 0 Å². The Balaban J connectivity index is 1.61. The fraction of sp³-hybridized carbons (Fsp3) is 0.333. The summed E-state index contributed by atoms with van der Waals surface area (Å²) in [5.41, 5.74) is 2.46. The van der Waals surface area contributed by atoms with E-state index in [9.17, 15) is 4.79 Å². The second-order valence-electron chi connectivity index (χ2n) is 6.96. The maximum Gasteiger partial charge on any atom is 0.251 e. The quantitative estimate of drug-likeness (QED) is 0.770. The first-order valence-electron chi connectivity index (χ1n) is 9.43. The van der Waals surface area contributed by atoms with Crippen molar-refractivity contribution in [1.29, 1.82) is 0 Å².